The van der Waals surface area contributed by atoms with Crippen LogP contribution in [0.5, 0.6) is 0 Å². The number of rotatable bonds is 8. The minimum atomic E-state index is -0.350. The first-order chi connectivity index (χ1) is 14.0. The maximum atomic E-state index is 14.3. The first-order valence-electron chi connectivity index (χ1n) is 10.3. The van der Waals surface area contributed by atoms with Gasteiger partial charge in [-0.3, -0.25) is 9.36 Å². The molecule has 1 N–H and O–H groups in total. The molecule has 0 aliphatic heterocycles. The van der Waals surface area contributed by atoms with Crippen LogP contribution in [0.2, 0.25) is 0 Å². The number of halogens is 1. The van der Waals surface area contributed by atoms with Gasteiger partial charge in [-0.25, -0.2) is 4.39 Å². The SMILES string of the molecule is C=CCn1c(SC(C(=O)NC2CCCCC2)C(C)C)nnc1-c1ccccc1F. The molecule has 1 aromatic heterocycles. The van der Waals surface area contributed by atoms with Crippen molar-refractivity contribution in [2.45, 2.75) is 68.9 Å². The fourth-order valence-electron chi connectivity index (χ4n) is 3.65. The van der Waals surface area contributed by atoms with Crippen LogP contribution in [0.25, 0.3) is 11.4 Å². The Morgan fingerprint density at radius 2 is 2.03 bits per heavy atom. The first-order valence-corrected chi connectivity index (χ1v) is 11.1. The Morgan fingerprint density at radius 1 is 1.31 bits per heavy atom. The number of nitrogens with zero attached hydrogens (tertiary/aromatic N) is 3. The molecule has 1 aliphatic rings. The number of hydrogen-bond donors (Lipinski definition) is 1. The van der Waals surface area contributed by atoms with E-state index in [2.05, 4.69) is 22.1 Å². The molecule has 0 bridgehead atoms. The van der Waals surface area contributed by atoms with Gasteiger partial charge in [0.25, 0.3) is 0 Å². The second kappa shape index (κ2) is 10.1. The maximum Gasteiger partial charge on any atom is 0.234 e. The molecule has 1 heterocycles. The van der Waals surface area contributed by atoms with E-state index < -0.39 is 0 Å². The molecule has 1 atom stereocenters. The summed E-state index contributed by atoms with van der Waals surface area (Å²) in [6.07, 6.45) is 7.41. The predicted molar refractivity (Wildman–Crippen MR) is 115 cm³/mol. The highest BCUT2D eigenvalue weighted by Gasteiger charge is 2.29. The number of hydrogen-bond acceptors (Lipinski definition) is 4. The van der Waals surface area contributed by atoms with Crippen molar-refractivity contribution in [3.63, 3.8) is 0 Å². The average Bonchev–Trinajstić information content (AvgIpc) is 3.09. The summed E-state index contributed by atoms with van der Waals surface area (Å²) in [6, 6.07) is 6.77. The van der Waals surface area contributed by atoms with E-state index in [1.54, 1.807) is 24.3 Å². The van der Waals surface area contributed by atoms with Crippen molar-refractivity contribution in [1.82, 2.24) is 20.1 Å². The van der Waals surface area contributed by atoms with Gasteiger partial charge in [0.2, 0.25) is 5.91 Å². The molecule has 1 fully saturated rings. The second-order valence-corrected chi connectivity index (χ2v) is 8.92. The normalized spacial score (nSPS) is 16.0. The van der Waals surface area contributed by atoms with Gasteiger partial charge < -0.3 is 5.32 Å². The van der Waals surface area contributed by atoms with Gasteiger partial charge in [-0.15, -0.1) is 16.8 Å². The molecule has 1 unspecified atom stereocenters. The molecule has 5 nitrogen and oxygen atoms in total. The zero-order chi connectivity index (χ0) is 20.8. The molecule has 1 aromatic carbocycles. The van der Waals surface area contributed by atoms with Gasteiger partial charge in [0, 0.05) is 12.6 Å². The van der Waals surface area contributed by atoms with Crippen LogP contribution in [-0.2, 0) is 11.3 Å². The summed E-state index contributed by atoms with van der Waals surface area (Å²) in [5, 5.41) is 12.0. The topological polar surface area (TPSA) is 59.8 Å². The molecule has 3 rings (SSSR count). The lowest BCUT2D eigenvalue weighted by Crippen LogP contribution is -2.43. The third kappa shape index (κ3) is 5.26. The fourth-order valence-corrected chi connectivity index (χ4v) is 4.70. The molecule has 0 spiro atoms. The Balaban J connectivity index is 1.83. The van der Waals surface area contributed by atoms with Crippen LogP contribution in [-0.4, -0.2) is 32.0 Å². The highest BCUT2D eigenvalue weighted by Crippen LogP contribution is 2.31. The summed E-state index contributed by atoms with van der Waals surface area (Å²) in [5.41, 5.74) is 0.390. The monoisotopic (exact) mass is 416 g/mol. The molecule has 2 aromatic rings. The molecule has 1 amide bonds. The van der Waals surface area contributed by atoms with Crippen LogP contribution in [0.4, 0.5) is 4.39 Å². The highest BCUT2D eigenvalue weighted by atomic mass is 32.2. The number of allylic oxidation sites excluding steroid dienone is 1. The van der Waals surface area contributed by atoms with E-state index in [4.69, 9.17) is 0 Å². The Bertz CT molecular complexity index is 845. The van der Waals surface area contributed by atoms with Crippen LogP contribution in [0.3, 0.4) is 0 Å². The summed E-state index contributed by atoms with van der Waals surface area (Å²) in [4.78, 5) is 13.0. The van der Waals surface area contributed by atoms with E-state index in [0.717, 1.165) is 12.8 Å². The first kappa shape index (κ1) is 21.6. The van der Waals surface area contributed by atoms with E-state index in [1.807, 2.05) is 18.4 Å². The minimum Gasteiger partial charge on any atom is -0.352 e. The Kier molecular flexibility index (Phi) is 7.47. The number of carbonyl (C=O) groups excluding carboxylic acids is 1. The van der Waals surface area contributed by atoms with Gasteiger partial charge in [-0.1, -0.05) is 63.1 Å². The summed E-state index contributed by atoms with van der Waals surface area (Å²) in [6.45, 7) is 8.30. The number of thioether (sulfide) groups is 1. The van der Waals surface area contributed by atoms with Crippen LogP contribution < -0.4 is 5.32 Å². The zero-order valence-electron chi connectivity index (χ0n) is 17.1. The van der Waals surface area contributed by atoms with Crippen molar-refractivity contribution in [3.05, 3.63) is 42.7 Å². The standard InChI is InChI=1S/C22H29FN4OS/c1-4-14-27-20(17-12-8-9-13-18(17)23)25-26-22(27)29-19(15(2)3)21(28)24-16-10-6-5-7-11-16/h4,8-9,12-13,15-16,19H,1,5-7,10-11,14H2,2-3H3,(H,24,28). The third-order valence-corrected chi connectivity index (χ3v) is 6.72. The molecular weight excluding hydrogens is 387 g/mol. The molecular formula is C22H29FN4OS. The van der Waals surface area contributed by atoms with Gasteiger partial charge in [-0.2, -0.15) is 0 Å². The van der Waals surface area contributed by atoms with Gasteiger partial charge in [0.05, 0.1) is 10.8 Å². The number of benzene rings is 1. The molecule has 29 heavy (non-hydrogen) atoms. The lowest BCUT2D eigenvalue weighted by Gasteiger charge is -2.26. The summed E-state index contributed by atoms with van der Waals surface area (Å²) in [7, 11) is 0. The summed E-state index contributed by atoms with van der Waals surface area (Å²) >= 11 is 1.39. The van der Waals surface area contributed by atoms with E-state index in [0.29, 0.717) is 23.1 Å². The van der Waals surface area contributed by atoms with Crippen LogP contribution in [0, 0.1) is 11.7 Å². The van der Waals surface area contributed by atoms with Crippen molar-refractivity contribution in [2.24, 2.45) is 5.92 Å². The van der Waals surface area contributed by atoms with E-state index >= 15 is 0 Å². The number of carbonyl (C=O) groups is 1. The Hall–Kier alpha value is -2.15. The Labute approximate surface area is 176 Å². The lowest BCUT2D eigenvalue weighted by atomic mass is 9.95. The van der Waals surface area contributed by atoms with Crippen LogP contribution in [0.15, 0.2) is 42.1 Å². The predicted octanol–water partition coefficient (Wildman–Crippen LogP) is 4.84. The molecule has 0 saturated heterocycles. The average molecular weight is 417 g/mol. The van der Waals surface area contributed by atoms with Gasteiger partial charge in [0.15, 0.2) is 11.0 Å². The van der Waals surface area contributed by atoms with Gasteiger partial charge >= 0.3 is 0 Å². The van der Waals surface area contributed by atoms with Crippen LogP contribution in [0.1, 0.15) is 46.0 Å². The smallest absolute Gasteiger partial charge is 0.234 e. The minimum absolute atomic E-state index is 0.0393. The van der Waals surface area contributed by atoms with E-state index in [1.165, 1.54) is 37.1 Å². The maximum absolute atomic E-state index is 14.3. The van der Waals surface area contributed by atoms with Crippen molar-refractivity contribution in [3.8, 4) is 11.4 Å². The van der Waals surface area contributed by atoms with E-state index in [9.17, 15) is 9.18 Å². The molecule has 1 aliphatic carbocycles. The van der Waals surface area contributed by atoms with E-state index in [-0.39, 0.29) is 28.9 Å². The highest BCUT2D eigenvalue weighted by molar-refractivity contribution is 8.00. The van der Waals surface area contributed by atoms with Crippen molar-refractivity contribution < 1.29 is 9.18 Å². The van der Waals surface area contributed by atoms with Crippen molar-refractivity contribution >= 4 is 17.7 Å². The fraction of sp³-hybridized carbons (Fsp3) is 0.500. The molecule has 156 valence electrons. The summed E-state index contributed by atoms with van der Waals surface area (Å²) in [5.74, 6) is 0.254. The molecule has 7 heteroatoms. The second-order valence-electron chi connectivity index (χ2n) is 7.81. The zero-order valence-corrected chi connectivity index (χ0v) is 17.9. The third-order valence-electron chi connectivity index (χ3n) is 5.19. The van der Waals surface area contributed by atoms with Crippen molar-refractivity contribution in [2.75, 3.05) is 0 Å². The van der Waals surface area contributed by atoms with Crippen LogP contribution >= 0.6 is 11.8 Å². The van der Waals surface area contributed by atoms with Gasteiger partial charge in [0.1, 0.15) is 5.82 Å². The Morgan fingerprint density at radius 3 is 2.69 bits per heavy atom. The number of nitrogens with one attached hydrogen (secondary N) is 1. The quantitative estimate of drug-likeness (QED) is 0.494. The van der Waals surface area contributed by atoms with Crippen molar-refractivity contribution in [1.29, 1.82) is 0 Å². The molecule has 0 radical (unpaired) electrons. The largest absolute Gasteiger partial charge is 0.352 e. The lowest BCUT2D eigenvalue weighted by molar-refractivity contribution is -0.122. The summed E-state index contributed by atoms with van der Waals surface area (Å²) < 4.78 is 16.1. The van der Waals surface area contributed by atoms with Gasteiger partial charge in [-0.05, 0) is 30.9 Å². The number of aromatic nitrogens is 3. The number of amides is 1. The molecule has 1 saturated carbocycles.